The summed E-state index contributed by atoms with van der Waals surface area (Å²) in [6.07, 6.45) is 0. The molecule has 2 rings (SSSR count). The lowest BCUT2D eigenvalue weighted by Crippen LogP contribution is -2.30. The zero-order valence-corrected chi connectivity index (χ0v) is 14.5. The van der Waals surface area contributed by atoms with Crippen LogP contribution in [0.3, 0.4) is 0 Å². The van der Waals surface area contributed by atoms with Crippen molar-refractivity contribution in [3.05, 3.63) is 63.7 Å². The maximum Gasteiger partial charge on any atom is 0.269 e. The predicted octanol–water partition coefficient (Wildman–Crippen LogP) is 2.98. The van der Waals surface area contributed by atoms with Crippen LogP contribution in [0.15, 0.2) is 42.5 Å². The average Bonchev–Trinajstić information content (AvgIpc) is 2.55. The second kappa shape index (κ2) is 8.25. The van der Waals surface area contributed by atoms with Crippen molar-refractivity contribution in [2.75, 3.05) is 26.0 Å². The van der Waals surface area contributed by atoms with Gasteiger partial charge in [0.1, 0.15) is 5.75 Å². The van der Waals surface area contributed by atoms with Gasteiger partial charge in [-0.3, -0.25) is 19.8 Å². The standard InChI is InChI=1S/C18H21N3O4/c1-13-4-9-17(25-3)14(10-13)11-20(2)12-18(22)19-15-5-7-16(8-6-15)21(23)24/h4-10H,11-12H2,1-3H3,(H,19,22). The minimum Gasteiger partial charge on any atom is -0.496 e. The summed E-state index contributed by atoms with van der Waals surface area (Å²) in [5.41, 5.74) is 2.64. The highest BCUT2D eigenvalue weighted by atomic mass is 16.6. The SMILES string of the molecule is COc1ccc(C)cc1CN(C)CC(=O)Nc1ccc([N+](=O)[O-])cc1. The Morgan fingerprint density at radius 2 is 1.92 bits per heavy atom. The molecule has 0 aliphatic rings. The third-order valence-electron chi connectivity index (χ3n) is 3.65. The summed E-state index contributed by atoms with van der Waals surface area (Å²) in [4.78, 5) is 24.2. The molecule has 0 bridgehead atoms. The lowest BCUT2D eigenvalue weighted by molar-refractivity contribution is -0.384. The van der Waals surface area contributed by atoms with Crippen molar-refractivity contribution in [3.8, 4) is 5.75 Å². The minimum atomic E-state index is -0.478. The van der Waals surface area contributed by atoms with Gasteiger partial charge in [-0.05, 0) is 32.2 Å². The fourth-order valence-corrected chi connectivity index (χ4v) is 2.49. The molecular formula is C18H21N3O4. The molecule has 2 aromatic rings. The summed E-state index contributed by atoms with van der Waals surface area (Å²) in [5, 5.41) is 13.4. The lowest BCUT2D eigenvalue weighted by Gasteiger charge is -2.18. The highest BCUT2D eigenvalue weighted by Gasteiger charge is 2.11. The molecule has 0 atom stereocenters. The quantitative estimate of drug-likeness (QED) is 0.617. The van der Waals surface area contributed by atoms with Crippen molar-refractivity contribution >= 4 is 17.3 Å². The first-order valence-corrected chi connectivity index (χ1v) is 7.75. The molecular weight excluding hydrogens is 322 g/mol. The van der Waals surface area contributed by atoms with E-state index in [4.69, 9.17) is 4.74 Å². The second-order valence-corrected chi connectivity index (χ2v) is 5.84. The molecule has 25 heavy (non-hydrogen) atoms. The number of likely N-dealkylation sites (N-methyl/N-ethyl adjacent to an activating group) is 1. The third kappa shape index (κ3) is 5.29. The molecule has 0 fully saturated rings. The maximum absolute atomic E-state index is 12.1. The molecule has 1 N–H and O–H groups in total. The van der Waals surface area contributed by atoms with Crippen LogP contribution in [0, 0.1) is 17.0 Å². The summed E-state index contributed by atoms with van der Waals surface area (Å²) in [6.45, 7) is 2.76. The molecule has 7 heteroatoms. The van der Waals surface area contributed by atoms with E-state index in [0.29, 0.717) is 12.2 Å². The maximum atomic E-state index is 12.1. The summed E-state index contributed by atoms with van der Waals surface area (Å²) in [6, 6.07) is 11.7. The van der Waals surface area contributed by atoms with Crippen LogP contribution < -0.4 is 10.1 Å². The number of benzene rings is 2. The number of nitrogens with one attached hydrogen (secondary N) is 1. The first-order chi connectivity index (χ1) is 11.9. The van der Waals surface area contributed by atoms with Gasteiger partial charge in [-0.25, -0.2) is 0 Å². The van der Waals surface area contributed by atoms with E-state index in [1.165, 1.54) is 24.3 Å². The van der Waals surface area contributed by atoms with E-state index in [2.05, 4.69) is 5.32 Å². The molecule has 0 spiro atoms. The number of carbonyl (C=O) groups excluding carboxylic acids is 1. The number of nitrogens with zero attached hydrogens (tertiary/aromatic N) is 2. The van der Waals surface area contributed by atoms with E-state index >= 15 is 0 Å². The number of hydrogen-bond acceptors (Lipinski definition) is 5. The number of hydrogen-bond donors (Lipinski definition) is 1. The van der Waals surface area contributed by atoms with Crippen LogP contribution in [-0.4, -0.2) is 36.4 Å². The Bertz CT molecular complexity index is 759. The number of nitro groups is 1. The zero-order valence-electron chi connectivity index (χ0n) is 14.5. The number of anilines is 1. The van der Waals surface area contributed by atoms with Crippen molar-refractivity contribution < 1.29 is 14.5 Å². The molecule has 7 nitrogen and oxygen atoms in total. The molecule has 2 aromatic carbocycles. The predicted molar refractivity (Wildman–Crippen MR) is 95.8 cm³/mol. The average molecular weight is 343 g/mol. The monoisotopic (exact) mass is 343 g/mol. The number of methoxy groups -OCH3 is 1. The molecule has 0 saturated carbocycles. The molecule has 0 heterocycles. The highest BCUT2D eigenvalue weighted by Crippen LogP contribution is 2.21. The number of rotatable bonds is 7. The van der Waals surface area contributed by atoms with Crippen LogP contribution in [0.2, 0.25) is 0 Å². The molecule has 0 saturated heterocycles. The van der Waals surface area contributed by atoms with E-state index in [1.807, 2.05) is 37.1 Å². The number of non-ortho nitro benzene ring substituents is 1. The Morgan fingerprint density at radius 3 is 2.52 bits per heavy atom. The normalized spacial score (nSPS) is 10.6. The Balaban J connectivity index is 1.94. The molecule has 0 aromatic heterocycles. The van der Waals surface area contributed by atoms with Crippen molar-refractivity contribution in [1.82, 2.24) is 4.90 Å². The van der Waals surface area contributed by atoms with Crippen molar-refractivity contribution in [1.29, 1.82) is 0 Å². The van der Waals surface area contributed by atoms with Gasteiger partial charge in [0.15, 0.2) is 0 Å². The molecule has 0 unspecified atom stereocenters. The van der Waals surface area contributed by atoms with E-state index in [0.717, 1.165) is 16.9 Å². The van der Waals surface area contributed by atoms with E-state index in [9.17, 15) is 14.9 Å². The Morgan fingerprint density at radius 1 is 1.24 bits per heavy atom. The summed E-state index contributed by atoms with van der Waals surface area (Å²) >= 11 is 0. The van der Waals surface area contributed by atoms with E-state index in [-0.39, 0.29) is 18.1 Å². The van der Waals surface area contributed by atoms with Crippen molar-refractivity contribution in [2.24, 2.45) is 0 Å². The fraction of sp³-hybridized carbons (Fsp3) is 0.278. The molecule has 0 aliphatic carbocycles. The summed E-state index contributed by atoms with van der Waals surface area (Å²) in [5.74, 6) is 0.594. The Labute approximate surface area is 146 Å². The Hall–Kier alpha value is -2.93. The first kappa shape index (κ1) is 18.4. The number of nitro benzene ring substituents is 1. The van der Waals surface area contributed by atoms with Gasteiger partial charge in [0.25, 0.3) is 5.69 Å². The largest absolute Gasteiger partial charge is 0.496 e. The molecule has 0 radical (unpaired) electrons. The van der Waals surface area contributed by atoms with Gasteiger partial charge in [-0.1, -0.05) is 17.7 Å². The number of aryl methyl sites for hydroxylation is 1. The summed E-state index contributed by atoms with van der Waals surface area (Å²) in [7, 11) is 3.46. The van der Waals surface area contributed by atoms with Gasteiger partial charge in [-0.15, -0.1) is 0 Å². The highest BCUT2D eigenvalue weighted by molar-refractivity contribution is 5.92. The second-order valence-electron chi connectivity index (χ2n) is 5.84. The zero-order chi connectivity index (χ0) is 18.4. The van der Waals surface area contributed by atoms with Crippen LogP contribution >= 0.6 is 0 Å². The fourth-order valence-electron chi connectivity index (χ4n) is 2.49. The van der Waals surface area contributed by atoms with Crippen LogP contribution in [0.5, 0.6) is 5.75 Å². The Kier molecular flexibility index (Phi) is 6.08. The van der Waals surface area contributed by atoms with Crippen LogP contribution in [0.1, 0.15) is 11.1 Å². The van der Waals surface area contributed by atoms with Crippen LogP contribution in [0.4, 0.5) is 11.4 Å². The number of carbonyl (C=O) groups is 1. The topological polar surface area (TPSA) is 84.7 Å². The van der Waals surface area contributed by atoms with Crippen molar-refractivity contribution in [2.45, 2.75) is 13.5 Å². The van der Waals surface area contributed by atoms with Gasteiger partial charge >= 0.3 is 0 Å². The van der Waals surface area contributed by atoms with Gasteiger partial charge in [0.2, 0.25) is 5.91 Å². The van der Waals surface area contributed by atoms with Gasteiger partial charge in [0, 0.05) is 29.9 Å². The molecule has 0 aliphatic heterocycles. The van der Waals surface area contributed by atoms with E-state index in [1.54, 1.807) is 7.11 Å². The number of ether oxygens (including phenoxy) is 1. The third-order valence-corrected chi connectivity index (χ3v) is 3.65. The van der Waals surface area contributed by atoms with Gasteiger partial charge in [0.05, 0.1) is 18.6 Å². The lowest BCUT2D eigenvalue weighted by atomic mass is 10.1. The smallest absolute Gasteiger partial charge is 0.269 e. The van der Waals surface area contributed by atoms with Crippen molar-refractivity contribution in [3.63, 3.8) is 0 Å². The van der Waals surface area contributed by atoms with Crippen LogP contribution in [-0.2, 0) is 11.3 Å². The van der Waals surface area contributed by atoms with Gasteiger partial charge < -0.3 is 10.1 Å². The molecule has 1 amide bonds. The van der Waals surface area contributed by atoms with E-state index < -0.39 is 4.92 Å². The number of amides is 1. The first-order valence-electron chi connectivity index (χ1n) is 7.75. The minimum absolute atomic E-state index is 0.0124. The van der Waals surface area contributed by atoms with Gasteiger partial charge in [-0.2, -0.15) is 0 Å². The molecule has 132 valence electrons. The van der Waals surface area contributed by atoms with Crippen LogP contribution in [0.25, 0.3) is 0 Å². The summed E-state index contributed by atoms with van der Waals surface area (Å²) < 4.78 is 5.35.